The van der Waals surface area contributed by atoms with Crippen molar-refractivity contribution in [3.63, 3.8) is 0 Å². The topological polar surface area (TPSA) is 67.1 Å². The maximum absolute atomic E-state index is 12.8. The minimum atomic E-state index is -4.97. The van der Waals surface area contributed by atoms with Crippen LogP contribution in [0.3, 0.4) is 0 Å². The zero-order chi connectivity index (χ0) is 16.3. The number of nitrogens with one attached hydrogen (secondary N) is 2. The van der Waals surface area contributed by atoms with Gasteiger partial charge in [-0.25, -0.2) is 4.39 Å². The molecule has 4 N–H and O–H groups in total. The van der Waals surface area contributed by atoms with E-state index in [1.54, 1.807) is 5.32 Å². The molecule has 2 rings (SSSR count). The molecule has 2 aromatic rings. The van der Waals surface area contributed by atoms with E-state index in [2.05, 4.69) is 5.32 Å². The van der Waals surface area contributed by atoms with Crippen LogP contribution in [0.2, 0.25) is 0 Å². The Hall–Kier alpha value is -2.77. The molecule has 1 amide bonds. The lowest BCUT2D eigenvalue weighted by atomic mass is 10.2. The van der Waals surface area contributed by atoms with Gasteiger partial charge < -0.3 is 16.4 Å². The first-order valence-corrected chi connectivity index (χ1v) is 6.06. The molecule has 0 bridgehead atoms. The minimum absolute atomic E-state index is 0.0792. The van der Waals surface area contributed by atoms with Crippen molar-refractivity contribution in [3.05, 3.63) is 48.3 Å². The highest BCUT2D eigenvalue weighted by Crippen LogP contribution is 2.27. The maximum atomic E-state index is 12.8. The van der Waals surface area contributed by atoms with Crippen molar-refractivity contribution < 1.29 is 22.4 Å². The lowest BCUT2D eigenvalue weighted by molar-refractivity contribution is -0.167. The normalized spacial score (nSPS) is 11.1. The van der Waals surface area contributed by atoms with Gasteiger partial charge in [0.15, 0.2) is 0 Å². The number of nitrogens with two attached hydrogens (primary N) is 1. The summed E-state index contributed by atoms with van der Waals surface area (Å²) in [5.41, 5.74) is 6.73. The zero-order valence-electron chi connectivity index (χ0n) is 11.0. The second kappa shape index (κ2) is 5.92. The Balaban J connectivity index is 2.13. The van der Waals surface area contributed by atoms with Crippen molar-refractivity contribution in [1.82, 2.24) is 0 Å². The van der Waals surface area contributed by atoms with Crippen molar-refractivity contribution in [1.29, 1.82) is 0 Å². The summed E-state index contributed by atoms with van der Waals surface area (Å²) >= 11 is 0. The van der Waals surface area contributed by atoms with Gasteiger partial charge in [0.1, 0.15) is 5.82 Å². The Kier molecular flexibility index (Phi) is 4.20. The molecule has 0 saturated heterocycles. The summed E-state index contributed by atoms with van der Waals surface area (Å²) in [5.74, 6) is -2.48. The van der Waals surface area contributed by atoms with Crippen LogP contribution in [0.5, 0.6) is 0 Å². The largest absolute Gasteiger partial charge is 0.471 e. The molecular weight excluding hydrogens is 302 g/mol. The molecule has 116 valence electrons. The van der Waals surface area contributed by atoms with Crippen molar-refractivity contribution in [3.8, 4) is 0 Å². The van der Waals surface area contributed by atoms with Gasteiger partial charge in [-0.15, -0.1) is 0 Å². The molecule has 0 atom stereocenters. The number of nitrogen functional groups attached to an aromatic ring is 1. The lowest BCUT2D eigenvalue weighted by Gasteiger charge is -2.12. The molecule has 0 radical (unpaired) electrons. The highest BCUT2D eigenvalue weighted by atomic mass is 19.4. The molecule has 0 saturated carbocycles. The van der Waals surface area contributed by atoms with E-state index in [4.69, 9.17) is 5.73 Å². The number of hydrogen-bond donors (Lipinski definition) is 3. The van der Waals surface area contributed by atoms with Crippen LogP contribution < -0.4 is 16.4 Å². The summed E-state index contributed by atoms with van der Waals surface area (Å²) in [6.45, 7) is 0. The highest BCUT2D eigenvalue weighted by Gasteiger charge is 2.38. The quantitative estimate of drug-likeness (QED) is 0.598. The van der Waals surface area contributed by atoms with Crippen LogP contribution in [-0.4, -0.2) is 12.1 Å². The Labute approximate surface area is 122 Å². The number of anilines is 4. The van der Waals surface area contributed by atoms with Gasteiger partial charge in [-0.3, -0.25) is 4.79 Å². The fraction of sp³-hybridized carbons (Fsp3) is 0.0714. The summed E-state index contributed by atoms with van der Waals surface area (Å²) < 4.78 is 49.2. The number of hydrogen-bond acceptors (Lipinski definition) is 3. The fourth-order valence-electron chi connectivity index (χ4n) is 1.65. The average molecular weight is 313 g/mol. The minimum Gasteiger partial charge on any atom is -0.397 e. The van der Waals surface area contributed by atoms with E-state index >= 15 is 0 Å². The molecule has 22 heavy (non-hydrogen) atoms. The van der Waals surface area contributed by atoms with Crippen molar-refractivity contribution in [2.75, 3.05) is 16.4 Å². The van der Waals surface area contributed by atoms with Crippen LogP contribution in [0.15, 0.2) is 42.5 Å². The molecule has 0 heterocycles. The molecule has 0 aliphatic heterocycles. The van der Waals surface area contributed by atoms with E-state index in [1.807, 2.05) is 0 Å². The standard InChI is InChI=1S/C14H11F4N3O/c15-8-1-3-9(4-2-8)20-12-6-5-10(7-11(12)19)21-13(22)14(16,17)18/h1-7,20H,19H2,(H,21,22). The monoisotopic (exact) mass is 313 g/mol. The van der Waals surface area contributed by atoms with Gasteiger partial charge >= 0.3 is 12.1 Å². The van der Waals surface area contributed by atoms with Crippen LogP contribution in [0, 0.1) is 5.82 Å². The Morgan fingerprint density at radius 1 is 1.00 bits per heavy atom. The number of amides is 1. The molecule has 0 aliphatic rings. The third-order valence-electron chi connectivity index (χ3n) is 2.69. The third-order valence-corrected chi connectivity index (χ3v) is 2.69. The van der Waals surface area contributed by atoms with E-state index in [0.717, 1.165) is 0 Å². The van der Waals surface area contributed by atoms with Gasteiger partial charge in [0.25, 0.3) is 0 Å². The summed E-state index contributed by atoms with van der Waals surface area (Å²) in [7, 11) is 0. The second-order valence-corrected chi connectivity index (χ2v) is 4.39. The predicted octanol–water partition coefficient (Wildman–Crippen LogP) is 3.65. The number of carbonyl (C=O) groups is 1. The number of rotatable bonds is 3. The van der Waals surface area contributed by atoms with E-state index < -0.39 is 17.9 Å². The third kappa shape index (κ3) is 3.87. The van der Waals surface area contributed by atoms with Crippen LogP contribution in [0.25, 0.3) is 0 Å². The van der Waals surface area contributed by atoms with Gasteiger partial charge in [-0.1, -0.05) is 0 Å². The summed E-state index contributed by atoms with van der Waals surface area (Å²) in [4.78, 5) is 10.8. The number of halogens is 4. The summed E-state index contributed by atoms with van der Waals surface area (Å²) in [6, 6.07) is 9.32. The van der Waals surface area contributed by atoms with Gasteiger partial charge in [0.05, 0.1) is 11.4 Å². The number of alkyl halides is 3. The van der Waals surface area contributed by atoms with Crippen LogP contribution >= 0.6 is 0 Å². The van der Waals surface area contributed by atoms with Gasteiger partial charge in [0, 0.05) is 11.4 Å². The van der Waals surface area contributed by atoms with Crippen molar-refractivity contribution in [2.45, 2.75) is 6.18 Å². The average Bonchev–Trinajstić information content (AvgIpc) is 2.43. The van der Waals surface area contributed by atoms with Gasteiger partial charge in [-0.2, -0.15) is 13.2 Å². The molecule has 8 heteroatoms. The summed E-state index contributed by atoms with van der Waals surface area (Å²) in [5, 5.41) is 4.58. The molecule has 0 fully saturated rings. The zero-order valence-corrected chi connectivity index (χ0v) is 11.0. The smallest absolute Gasteiger partial charge is 0.397 e. The predicted molar refractivity (Wildman–Crippen MR) is 75.2 cm³/mol. The molecule has 0 spiro atoms. The van der Waals surface area contributed by atoms with Gasteiger partial charge in [0.2, 0.25) is 0 Å². The van der Waals surface area contributed by atoms with Crippen LogP contribution in [0.1, 0.15) is 0 Å². The summed E-state index contributed by atoms with van der Waals surface area (Å²) in [6.07, 6.45) is -4.97. The van der Waals surface area contributed by atoms with E-state index in [0.29, 0.717) is 11.4 Å². The Morgan fingerprint density at radius 3 is 2.14 bits per heavy atom. The maximum Gasteiger partial charge on any atom is 0.471 e. The Morgan fingerprint density at radius 2 is 1.59 bits per heavy atom. The van der Waals surface area contributed by atoms with Crippen LogP contribution in [-0.2, 0) is 4.79 Å². The van der Waals surface area contributed by atoms with E-state index in [1.165, 1.54) is 42.5 Å². The Bertz CT molecular complexity index is 683. The SMILES string of the molecule is Nc1cc(NC(=O)C(F)(F)F)ccc1Nc1ccc(F)cc1. The first kappa shape index (κ1) is 15.6. The second-order valence-electron chi connectivity index (χ2n) is 4.39. The van der Waals surface area contributed by atoms with Crippen molar-refractivity contribution >= 4 is 28.7 Å². The van der Waals surface area contributed by atoms with Gasteiger partial charge in [-0.05, 0) is 42.5 Å². The van der Waals surface area contributed by atoms with Crippen LogP contribution in [0.4, 0.5) is 40.3 Å². The van der Waals surface area contributed by atoms with E-state index in [-0.39, 0.29) is 11.4 Å². The lowest BCUT2D eigenvalue weighted by Crippen LogP contribution is -2.29. The molecular formula is C14H11F4N3O. The molecule has 2 aromatic carbocycles. The molecule has 0 aromatic heterocycles. The number of carbonyl (C=O) groups excluding carboxylic acids is 1. The molecule has 0 aliphatic carbocycles. The molecule has 4 nitrogen and oxygen atoms in total. The fourth-order valence-corrected chi connectivity index (χ4v) is 1.65. The number of benzene rings is 2. The highest BCUT2D eigenvalue weighted by molar-refractivity contribution is 5.95. The first-order chi connectivity index (χ1) is 10.3. The molecule has 0 unspecified atom stereocenters. The van der Waals surface area contributed by atoms with E-state index in [9.17, 15) is 22.4 Å². The first-order valence-electron chi connectivity index (χ1n) is 6.06. The van der Waals surface area contributed by atoms with Crippen molar-refractivity contribution in [2.24, 2.45) is 0 Å².